The van der Waals surface area contributed by atoms with Crippen molar-refractivity contribution < 1.29 is 14.3 Å². The molecule has 31 heavy (non-hydrogen) atoms. The first-order valence-corrected chi connectivity index (χ1v) is 10.9. The fourth-order valence-corrected chi connectivity index (χ4v) is 4.06. The lowest BCUT2D eigenvalue weighted by molar-refractivity contribution is -0.120. The molecule has 0 aliphatic carbocycles. The van der Waals surface area contributed by atoms with Crippen LogP contribution in [-0.2, 0) is 11.3 Å². The van der Waals surface area contributed by atoms with E-state index in [2.05, 4.69) is 10.6 Å². The highest BCUT2D eigenvalue weighted by molar-refractivity contribution is 7.16. The number of ether oxygens (including phenoxy) is 1. The Bertz CT molecular complexity index is 1050. The first kappa shape index (κ1) is 22.8. The van der Waals surface area contributed by atoms with Crippen LogP contribution in [0.5, 0.6) is 5.75 Å². The largest absolute Gasteiger partial charge is 0.495 e. The number of nitrogens with one attached hydrogen (secondary N) is 2. The van der Waals surface area contributed by atoms with Crippen molar-refractivity contribution in [3.8, 4) is 5.75 Å². The molecule has 6 nitrogen and oxygen atoms in total. The Morgan fingerprint density at radius 3 is 2.42 bits per heavy atom. The number of methoxy groups -OCH3 is 1. The number of hydrogen-bond donors (Lipinski definition) is 2. The Kier molecular flexibility index (Phi) is 7.68. The summed E-state index contributed by atoms with van der Waals surface area (Å²) in [5.74, 6) is 0.198. The second kappa shape index (κ2) is 10.4. The number of likely N-dealkylation sites (N-methyl/N-ethyl adjacent to an activating group) is 1. The van der Waals surface area contributed by atoms with Crippen LogP contribution >= 0.6 is 22.9 Å². The quantitative estimate of drug-likeness (QED) is 0.492. The molecule has 0 spiro atoms. The van der Waals surface area contributed by atoms with Gasteiger partial charge in [0.05, 0.1) is 23.2 Å². The number of amides is 2. The molecule has 0 fully saturated rings. The molecule has 1 aromatic heterocycles. The number of carbonyl (C=O) groups excluding carboxylic acids is 2. The van der Waals surface area contributed by atoms with E-state index in [4.69, 9.17) is 16.3 Å². The van der Waals surface area contributed by atoms with Gasteiger partial charge in [-0.15, -0.1) is 11.3 Å². The van der Waals surface area contributed by atoms with Crippen LogP contribution in [0.25, 0.3) is 0 Å². The first-order valence-electron chi connectivity index (χ1n) is 9.67. The number of thiophene rings is 1. The first-order chi connectivity index (χ1) is 14.9. The fourth-order valence-electron chi connectivity index (χ4n) is 2.91. The van der Waals surface area contributed by atoms with Crippen LogP contribution in [0.4, 0.5) is 11.4 Å². The number of para-hydroxylation sites is 2. The molecule has 0 bridgehead atoms. The average Bonchev–Trinajstić information content (AvgIpc) is 3.18. The topological polar surface area (TPSA) is 70.7 Å². The van der Waals surface area contributed by atoms with Crippen LogP contribution in [0.15, 0.2) is 60.7 Å². The lowest BCUT2D eigenvalue weighted by Crippen LogP contribution is -2.39. The van der Waals surface area contributed by atoms with Gasteiger partial charge in [0.2, 0.25) is 5.91 Å². The Labute approximate surface area is 190 Å². The second-order valence-corrected chi connectivity index (χ2v) is 8.82. The summed E-state index contributed by atoms with van der Waals surface area (Å²) >= 11 is 7.48. The summed E-state index contributed by atoms with van der Waals surface area (Å²) in [6.07, 6.45) is 0. The summed E-state index contributed by atoms with van der Waals surface area (Å²) in [6, 6.07) is 17.4. The van der Waals surface area contributed by atoms with Crippen molar-refractivity contribution in [3.63, 3.8) is 0 Å². The molecule has 2 aromatic carbocycles. The number of rotatable bonds is 8. The van der Waals surface area contributed by atoms with Crippen molar-refractivity contribution in [1.29, 1.82) is 0 Å². The third kappa shape index (κ3) is 6.07. The zero-order valence-corrected chi connectivity index (χ0v) is 19.1. The van der Waals surface area contributed by atoms with Gasteiger partial charge in [-0.1, -0.05) is 23.7 Å². The molecule has 1 unspecified atom stereocenters. The van der Waals surface area contributed by atoms with Gasteiger partial charge < -0.3 is 15.4 Å². The van der Waals surface area contributed by atoms with Gasteiger partial charge in [0, 0.05) is 22.7 Å². The van der Waals surface area contributed by atoms with E-state index in [1.165, 1.54) is 11.3 Å². The van der Waals surface area contributed by atoms with Crippen molar-refractivity contribution in [2.24, 2.45) is 0 Å². The minimum absolute atomic E-state index is 0.128. The molecule has 1 atom stereocenters. The molecule has 0 saturated carbocycles. The molecule has 162 valence electrons. The molecular formula is C23H24ClN3O3S. The highest BCUT2D eigenvalue weighted by Crippen LogP contribution is 2.24. The maximum atomic E-state index is 12.6. The van der Waals surface area contributed by atoms with E-state index in [0.717, 1.165) is 9.21 Å². The summed E-state index contributed by atoms with van der Waals surface area (Å²) < 4.78 is 5.98. The molecule has 3 aromatic rings. The SMILES string of the molecule is COc1ccccc1NC(=O)c1ccc(NC(=O)C(C)N(C)Cc2ccc(Cl)s2)cc1. The summed E-state index contributed by atoms with van der Waals surface area (Å²) in [5, 5.41) is 5.72. The molecule has 1 heterocycles. The van der Waals surface area contributed by atoms with E-state index in [1.54, 1.807) is 43.5 Å². The van der Waals surface area contributed by atoms with Crippen molar-refractivity contribution in [2.45, 2.75) is 19.5 Å². The molecule has 0 aliphatic heterocycles. The standard InChI is InChI=1S/C23H24ClN3O3S/c1-15(27(2)14-18-12-13-21(24)31-18)22(28)25-17-10-8-16(9-11-17)23(29)26-19-6-4-5-7-20(19)30-3/h4-13,15H,14H2,1-3H3,(H,25,28)(H,26,29). The molecule has 0 aliphatic rings. The number of anilines is 2. The lowest BCUT2D eigenvalue weighted by atomic mass is 10.1. The summed E-state index contributed by atoms with van der Waals surface area (Å²) in [4.78, 5) is 28.2. The molecule has 2 N–H and O–H groups in total. The van der Waals surface area contributed by atoms with E-state index in [-0.39, 0.29) is 17.9 Å². The zero-order chi connectivity index (χ0) is 22.4. The van der Waals surface area contributed by atoms with E-state index in [1.807, 2.05) is 43.1 Å². The van der Waals surface area contributed by atoms with E-state index in [0.29, 0.717) is 29.2 Å². The third-order valence-corrected chi connectivity index (χ3v) is 6.06. The molecular weight excluding hydrogens is 434 g/mol. The van der Waals surface area contributed by atoms with Crippen LogP contribution in [0.1, 0.15) is 22.2 Å². The van der Waals surface area contributed by atoms with Crippen LogP contribution in [0.3, 0.4) is 0 Å². The molecule has 8 heteroatoms. The Balaban J connectivity index is 1.57. The molecule has 3 rings (SSSR count). The van der Waals surface area contributed by atoms with Crippen molar-refractivity contribution in [3.05, 3.63) is 75.4 Å². The maximum absolute atomic E-state index is 12.6. The Morgan fingerprint density at radius 1 is 1.06 bits per heavy atom. The zero-order valence-electron chi connectivity index (χ0n) is 17.5. The second-order valence-electron chi connectivity index (χ2n) is 7.02. The predicted octanol–water partition coefficient (Wildman–Crippen LogP) is 5.12. The number of hydrogen-bond acceptors (Lipinski definition) is 5. The van der Waals surface area contributed by atoms with Crippen LogP contribution in [-0.4, -0.2) is 36.9 Å². The number of nitrogens with zero attached hydrogens (tertiary/aromatic N) is 1. The number of benzene rings is 2. The van der Waals surface area contributed by atoms with E-state index >= 15 is 0 Å². The van der Waals surface area contributed by atoms with Gasteiger partial charge in [-0.3, -0.25) is 14.5 Å². The van der Waals surface area contributed by atoms with Gasteiger partial charge >= 0.3 is 0 Å². The van der Waals surface area contributed by atoms with Gasteiger partial charge in [-0.2, -0.15) is 0 Å². The van der Waals surface area contributed by atoms with Crippen molar-refractivity contribution in [2.75, 3.05) is 24.8 Å². The Morgan fingerprint density at radius 2 is 1.77 bits per heavy atom. The minimum atomic E-state index is -0.339. The van der Waals surface area contributed by atoms with Gasteiger partial charge in [0.15, 0.2) is 0 Å². The van der Waals surface area contributed by atoms with Crippen molar-refractivity contribution >= 4 is 46.1 Å². The van der Waals surface area contributed by atoms with Gasteiger partial charge in [0.1, 0.15) is 5.75 Å². The number of carbonyl (C=O) groups is 2. The average molecular weight is 458 g/mol. The highest BCUT2D eigenvalue weighted by Gasteiger charge is 2.19. The van der Waals surface area contributed by atoms with Crippen LogP contribution in [0, 0.1) is 0 Å². The predicted molar refractivity (Wildman–Crippen MR) is 126 cm³/mol. The smallest absolute Gasteiger partial charge is 0.255 e. The van der Waals surface area contributed by atoms with Gasteiger partial charge in [0.25, 0.3) is 5.91 Å². The van der Waals surface area contributed by atoms with E-state index < -0.39 is 0 Å². The summed E-state index contributed by atoms with van der Waals surface area (Å²) in [6.45, 7) is 2.48. The Hall–Kier alpha value is -2.87. The van der Waals surface area contributed by atoms with Crippen molar-refractivity contribution in [1.82, 2.24) is 4.90 Å². The maximum Gasteiger partial charge on any atom is 0.255 e. The summed E-state index contributed by atoms with van der Waals surface area (Å²) in [5.41, 5.74) is 1.69. The van der Waals surface area contributed by atoms with Gasteiger partial charge in [-0.25, -0.2) is 0 Å². The summed E-state index contributed by atoms with van der Waals surface area (Å²) in [7, 11) is 3.44. The molecule has 0 saturated heterocycles. The monoisotopic (exact) mass is 457 g/mol. The lowest BCUT2D eigenvalue weighted by Gasteiger charge is -2.23. The fraction of sp³-hybridized carbons (Fsp3) is 0.217. The molecule has 0 radical (unpaired) electrons. The van der Waals surface area contributed by atoms with Crippen LogP contribution in [0.2, 0.25) is 4.34 Å². The molecule has 2 amide bonds. The van der Waals surface area contributed by atoms with E-state index in [9.17, 15) is 9.59 Å². The highest BCUT2D eigenvalue weighted by atomic mass is 35.5. The van der Waals surface area contributed by atoms with Crippen LogP contribution < -0.4 is 15.4 Å². The third-order valence-electron chi connectivity index (χ3n) is 4.84. The normalized spacial score (nSPS) is 11.8. The van der Waals surface area contributed by atoms with Gasteiger partial charge in [-0.05, 0) is 62.5 Å². The number of halogens is 1. The minimum Gasteiger partial charge on any atom is -0.495 e.